The Labute approximate surface area is 98.0 Å². The lowest BCUT2D eigenvalue weighted by atomic mass is 9.78. The standard InChI is InChI=1S/C12H13N3O2/c1-12(5-2-6-12)15-10-4-3-8(11(16)17)7-9(10)13-14-15/h3-4,7H,2,5-6H2,1H3,(H,16,17). The van der Waals surface area contributed by atoms with E-state index in [9.17, 15) is 4.79 Å². The van der Waals surface area contributed by atoms with E-state index < -0.39 is 5.97 Å². The summed E-state index contributed by atoms with van der Waals surface area (Å²) < 4.78 is 1.93. The summed E-state index contributed by atoms with van der Waals surface area (Å²) in [6, 6.07) is 4.97. The van der Waals surface area contributed by atoms with Gasteiger partial charge in [-0.05, 0) is 44.4 Å². The molecule has 3 rings (SSSR count). The third kappa shape index (κ3) is 1.42. The maximum absolute atomic E-state index is 10.9. The molecule has 1 N–H and O–H groups in total. The van der Waals surface area contributed by atoms with Gasteiger partial charge in [0.2, 0.25) is 0 Å². The highest BCUT2D eigenvalue weighted by molar-refractivity contribution is 5.92. The monoisotopic (exact) mass is 231 g/mol. The van der Waals surface area contributed by atoms with E-state index >= 15 is 0 Å². The summed E-state index contributed by atoms with van der Waals surface area (Å²) >= 11 is 0. The first-order valence-electron chi connectivity index (χ1n) is 5.69. The Kier molecular flexibility index (Phi) is 1.98. The third-order valence-electron chi connectivity index (χ3n) is 3.63. The van der Waals surface area contributed by atoms with Crippen LogP contribution in [-0.2, 0) is 5.54 Å². The molecule has 0 spiro atoms. The van der Waals surface area contributed by atoms with Crippen molar-refractivity contribution in [2.24, 2.45) is 0 Å². The number of aromatic carboxylic acids is 1. The van der Waals surface area contributed by atoms with Crippen molar-refractivity contribution in [2.45, 2.75) is 31.7 Å². The second-order valence-electron chi connectivity index (χ2n) is 4.86. The number of carboxylic acids is 1. The molecule has 1 fully saturated rings. The van der Waals surface area contributed by atoms with E-state index in [4.69, 9.17) is 5.11 Å². The number of rotatable bonds is 2. The van der Waals surface area contributed by atoms with Gasteiger partial charge in [0.1, 0.15) is 5.52 Å². The van der Waals surface area contributed by atoms with E-state index in [2.05, 4.69) is 17.2 Å². The molecule has 2 aromatic rings. The van der Waals surface area contributed by atoms with Gasteiger partial charge < -0.3 is 5.11 Å². The second-order valence-corrected chi connectivity index (χ2v) is 4.86. The van der Waals surface area contributed by atoms with Gasteiger partial charge in [-0.3, -0.25) is 0 Å². The number of hydrogen-bond donors (Lipinski definition) is 1. The minimum atomic E-state index is -0.934. The van der Waals surface area contributed by atoms with E-state index in [1.54, 1.807) is 18.2 Å². The molecule has 1 aliphatic rings. The van der Waals surface area contributed by atoms with Crippen molar-refractivity contribution in [3.63, 3.8) is 0 Å². The van der Waals surface area contributed by atoms with Crippen molar-refractivity contribution in [1.29, 1.82) is 0 Å². The molecule has 0 aliphatic heterocycles. The Hall–Kier alpha value is -1.91. The first-order valence-corrected chi connectivity index (χ1v) is 5.69. The summed E-state index contributed by atoms with van der Waals surface area (Å²) in [7, 11) is 0. The van der Waals surface area contributed by atoms with Crippen LogP contribution in [0.1, 0.15) is 36.5 Å². The Morgan fingerprint density at radius 3 is 2.82 bits per heavy atom. The topological polar surface area (TPSA) is 68.0 Å². The van der Waals surface area contributed by atoms with Gasteiger partial charge in [0.25, 0.3) is 0 Å². The Morgan fingerprint density at radius 2 is 2.24 bits per heavy atom. The van der Waals surface area contributed by atoms with Crippen molar-refractivity contribution in [3.05, 3.63) is 23.8 Å². The molecule has 1 aliphatic carbocycles. The Morgan fingerprint density at radius 1 is 1.47 bits per heavy atom. The van der Waals surface area contributed by atoms with E-state index in [0.717, 1.165) is 18.4 Å². The summed E-state index contributed by atoms with van der Waals surface area (Å²) in [4.78, 5) is 10.9. The van der Waals surface area contributed by atoms with Gasteiger partial charge in [-0.15, -0.1) is 5.10 Å². The quantitative estimate of drug-likeness (QED) is 0.858. The molecular weight excluding hydrogens is 218 g/mol. The van der Waals surface area contributed by atoms with Crippen molar-refractivity contribution >= 4 is 17.0 Å². The molecule has 88 valence electrons. The maximum atomic E-state index is 10.9. The summed E-state index contributed by atoms with van der Waals surface area (Å²) in [6.45, 7) is 2.16. The molecule has 17 heavy (non-hydrogen) atoms. The molecule has 1 aromatic carbocycles. The van der Waals surface area contributed by atoms with Crippen molar-refractivity contribution in [3.8, 4) is 0 Å². The fourth-order valence-electron chi connectivity index (χ4n) is 2.36. The van der Waals surface area contributed by atoms with Gasteiger partial charge in [0, 0.05) is 0 Å². The molecular formula is C12H13N3O2. The average molecular weight is 231 g/mol. The molecule has 0 radical (unpaired) electrons. The van der Waals surface area contributed by atoms with E-state index in [0.29, 0.717) is 5.52 Å². The molecule has 0 saturated heterocycles. The summed E-state index contributed by atoms with van der Waals surface area (Å²) in [6.07, 6.45) is 3.42. The molecule has 0 atom stereocenters. The molecule has 0 amide bonds. The van der Waals surface area contributed by atoms with Crippen LogP contribution in [-0.4, -0.2) is 26.1 Å². The van der Waals surface area contributed by atoms with Gasteiger partial charge in [0.05, 0.1) is 16.6 Å². The Balaban J connectivity index is 2.14. The van der Waals surface area contributed by atoms with E-state index in [1.165, 1.54) is 6.42 Å². The third-order valence-corrected chi connectivity index (χ3v) is 3.63. The molecule has 1 saturated carbocycles. The van der Waals surface area contributed by atoms with Crippen LogP contribution >= 0.6 is 0 Å². The Bertz CT molecular complexity index is 599. The van der Waals surface area contributed by atoms with Crippen LogP contribution < -0.4 is 0 Å². The average Bonchev–Trinajstić information content (AvgIpc) is 2.68. The van der Waals surface area contributed by atoms with E-state index in [1.807, 2.05) is 4.68 Å². The van der Waals surface area contributed by atoms with Crippen molar-refractivity contribution in [1.82, 2.24) is 15.0 Å². The van der Waals surface area contributed by atoms with E-state index in [-0.39, 0.29) is 11.1 Å². The number of carbonyl (C=O) groups is 1. The van der Waals surface area contributed by atoms with Crippen LogP contribution in [0.4, 0.5) is 0 Å². The number of fused-ring (bicyclic) bond motifs is 1. The molecule has 0 bridgehead atoms. The second kappa shape index (κ2) is 3.29. The molecule has 0 unspecified atom stereocenters. The zero-order chi connectivity index (χ0) is 12.0. The zero-order valence-corrected chi connectivity index (χ0v) is 9.55. The minimum Gasteiger partial charge on any atom is -0.478 e. The molecule has 1 aromatic heterocycles. The van der Waals surface area contributed by atoms with Crippen LogP contribution in [0.25, 0.3) is 11.0 Å². The lowest BCUT2D eigenvalue weighted by Gasteiger charge is -2.38. The van der Waals surface area contributed by atoms with Crippen LogP contribution in [0, 0.1) is 0 Å². The fraction of sp³-hybridized carbons (Fsp3) is 0.417. The fourth-order valence-corrected chi connectivity index (χ4v) is 2.36. The summed E-state index contributed by atoms with van der Waals surface area (Å²) in [5.74, 6) is -0.934. The number of carboxylic acid groups (broad SMARTS) is 1. The zero-order valence-electron chi connectivity index (χ0n) is 9.55. The van der Waals surface area contributed by atoms with Gasteiger partial charge >= 0.3 is 5.97 Å². The van der Waals surface area contributed by atoms with Gasteiger partial charge in [-0.25, -0.2) is 9.48 Å². The van der Waals surface area contributed by atoms with Gasteiger partial charge in [-0.2, -0.15) is 0 Å². The smallest absolute Gasteiger partial charge is 0.335 e. The molecule has 5 nitrogen and oxygen atoms in total. The highest BCUT2D eigenvalue weighted by Gasteiger charge is 2.35. The highest BCUT2D eigenvalue weighted by Crippen LogP contribution is 2.39. The number of aromatic nitrogens is 3. The normalized spacial score (nSPS) is 17.9. The van der Waals surface area contributed by atoms with Crippen LogP contribution in [0.2, 0.25) is 0 Å². The predicted molar refractivity (Wildman–Crippen MR) is 62.0 cm³/mol. The summed E-state index contributed by atoms with van der Waals surface area (Å²) in [5.41, 5.74) is 1.87. The first kappa shape index (κ1) is 10.3. The summed E-state index contributed by atoms with van der Waals surface area (Å²) in [5, 5.41) is 17.1. The van der Waals surface area contributed by atoms with Crippen molar-refractivity contribution in [2.75, 3.05) is 0 Å². The predicted octanol–water partition coefficient (Wildman–Crippen LogP) is 2.03. The van der Waals surface area contributed by atoms with Crippen LogP contribution in [0.3, 0.4) is 0 Å². The van der Waals surface area contributed by atoms with Crippen molar-refractivity contribution < 1.29 is 9.90 Å². The number of hydrogen-bond acceptors (Lipinski definition) is 3. The van der Waals surface area contributed by atoms with Gasteiger partial charge in [-0.1, -0.05) is 5.21 Å². The lowest BCUT2D eigenvalue weighted by Crippen LogP contribution is -2.38. The lowest BCUT2D eigenvalue weighted by molar-refractivity contribution is 0.0697. The maximum Gasteiger partial charge on any atom is 0.335 e. The SMILES string of the molecule is CC1(n2nnc3cc(C(=O)O)ccc32)CCC1. The van der Waals surface area contributed by atoms with Crippen LogP contribution in [0.5, 0.6) is 0 Å². The minimum absolute atomic E-state index is 0.0550. The molecule has 1 heterocycles. The molecule has 5 heteroatoms. The highest BCUT2D eigenvalue weighted by atomic mass is 16.4. The largest absolute Gasteiger partial charge is 0.478 e. The number of nitrogens with zero attached hydrogens (tertiary/aromatic N) is 3. The van der Waals surface area contributed by atoms with Crippen LogP contribution in [0.15, 0.2) is 18.2 Å². The first-order chi connectivity index (χ1) is 8.10. The van der Waals surface area contributed by atoms with Gasteiger partial charge in [0.15, 0.2) is 0 Å². The number of benzene rings is 1.